The summed E-state index contributed by atoms with van der Waals surface area (Å²) in [5.41, 5.74) is 1.09. The molecule has 1 atom stereocenters. The molecule has 0 spiro atoms. The summed E-state index contributed by atoms with van der Waals surface area (Å²) in [4.78, 5) is 19.2. The minimum Gasteiger partial charge on any atom is -0.477 e. The topological polar surface area (TPSA) is 56.7 Å². The molecule has 106 valence electrons. The first-order chi connectivity index (χ1) is 8.93. The van der Waals surface area contributed by atoms with Gasteiger partial charge in [0.25, 0.3) is 0 Å². The van der Waals surface area contributed by atoms with Crippen LogP contribution in [0.5, 0.6) is 0 Å². The predicted molar refractivity (Wildman–Crippen MR) is 75.3 cm³/mol. The fourth-order valence-corrected chi connectivity index (χ4v) is 2.15. The number of rotatable bonds is 7. The Morgan fingerprint density at radius 2 is 2.16 bits per heavy atom. The van der Waals surface area contributed by atoms with Crippen molar-refractivity contribution in [3.05, 3.63) is 29.6 Å². The third kappa shape index (κ3) is 4.96. The highest BCUT2D eigenvalue weighted by Gasteiger charge is 2.14. The average molecular weight is 265 g/mol. The van der Waals surface area contributed by atoms with Crippen LogP contribution in [0.3, 0.4) is 0 Å². The summed E-state index contributed by atoms with van der Waals surface area (Å²) in [7, 11) is 4.11. The highest BCUT2D eigenvalue weighted by Crippen LogP contribution is 2.09. The number of hydrogen-bond acceptors (Lipinski definition) is 4. The Balaban J connectivity index is 2.75. The molecular formula is C14H23N3O2. The maximum absolute atomic E-state index is 10.9. The Kier molecular flexibility index (Phi) is 5.92. The van der Waals surface area contributed by atoms with Gasteiger partial charge in [0.2, 0.25) is 0 Å². The summed E-state index contributed by atoms with van der Waals surface area (Å²) in [6, 6.07) is 3.94. The van der Waals surface area contributed by atoms with Gasteiger partial charge in [0.05, 0.1) is 0 Å². The van der Waals surface area contributed by atoms with Crippen LogP contribution in [0.2, 0.25) is 0 Å². The van der Waals surface area contributed by atoms with Gasteiger partial charge in [0.15, 0.2) is 0 Å². The molecule has 0 aliphatic heterocycles. The predicted octanol–water partition coefficient (Wildman–Crippen LogP) is 1.55. The van der Waals surface area contributed by atoms with Crippen LogP contribution < -0.4 is 0 Å². The molecule has 1 heterocycles. The van der Waals surface area contributed by atoms with E-state index in [1.165, 1.54) is 0 Å². The van der Waals surface area contributed by atoms with Gasteiger partial charge in [-0.15, -0.1) is 0 Å². The van der Waals surface area contributed by atoms with E-state index in [1.807, 2.05) is 6.07 Å². The first kappa shape index (κ1) is 15.6. The van der Waals surface area contributed by atoms with Crippen LogP contribution in [-0.2, 0) is 6.54 Å². The molecule has 1 unspecified atom stereocenters. The quantitative estimate of drug-likeness (QED) is 0.810. The van der Waals surface area contributed by atoms with E-state index < -0.39 is 5.97 Å². The second-order valence-electron chi connectivity index (χ2n) is 5.03. The summed E-state index contributed by atoms with van der Waals surface area (Å²) in [5, 5.41) is 8.95. The van der Waals surface area contributed by atoms with Crippen LogP contribution in [0.1, 0.15) is 29.9 Å². The minimum absolute atomic E-state index is 0.105. The van der Waals surface area contributed by atoms with Crippen LogP contribution in [0.25, 0.3) is 0 Å². The molecule has 0 aliphatic carbocycles. The van der Waals surface area contributed by atoms with E-state index in [0.29, 0.717) is 6.04 Å². The van der Waals surface area contributed by atoms with Crippen molar-refractivity contribution >= 4 is 5.97 Å². The van der Waals surface area contributed by atoms with Crippen LogP contribution >= 0.6 is 0 Å². The van der Waals surface area contributed by atoms with Gasteiger partial charge in [-0.05, 0) is 45.3 Å². The standard InChI is InChI=1S/C14H23N3O2/c1-5-17(11(2)9-16(3)4)10-12-6-7-15-13(8-12)14(18)19/h6-8,11H,5,9-10H2,1-4H3,(H,18,19). The van der Waals surface area contributed by atoms with Crippen molar-refractivity contribution in [2.75, 3.05) is 27.2 Å². The Morgan fingerprint density at radius 1 is 1.47 bits per heavy atom. The number of pyridine rings is 1. The third-order valence-corrected chi connectivity index (χ3v) is 3.09. The molecule has 1 aromatic heterocycles. The molecule has 0 aromatic carbocycles. The number of hydrogen-bond donors (Lipinski definition) is 1. The van der Waals surface area contributed by atoms with Crippen LogP contribution in [0, 0.1) is 0 Å². The average Bonchev–Trinajstić information content (AvgIpc) is 2.35. The Morgan fingerprint density at radius 3 is 2.68 bits per heavy atom. The van der Waals surface area contributed by atoms with Crippen LogP contribution in [0.15, 0.2) is 18.3 Å². The molecule has 0 aliphatic rings. The van der Waals surface area contributed by atoms with Gasteiger partial charge in [0, 0.05) is 25.3 Å². The zero-order valence-electron chi connectivity index (χ0n) is 12.1. The van der Waals surface area contributed by atoms with Crippen LogP contribution in [0.4, 0.5) is 0 Å². The molecule has 1 aromatic rings. The molecule has 1 N–H and O–H groups in total. The van der Waals surface area contributed by atoms with Crippen molar-refractivity contribution in [2.45, 2.75) is 26.4 Å². The monoisotopic (exact) mass is 265 g/mol. The summed E-state index contributed by atoms with van der Waals surface area (Å²) in [6.07, 6.45) is 1.56. The van der Waals surface area contributed by atoms with Gasteiger partial charge < -0.3 is 10.0 Å². The summed E-state index contributed by atoms with van der Waals surface area (Å²) >= 11 is 0. The smallest absolute Gasteiger partial charge is 0.354 e. The molecule has 0 amide bonds. The largest absolute Gasteiger partial charge is 0.477 e. The van der Waals surface area contributed by atoms with Crippen molar-refractivity contribution in [3.63, 3.8) is 0 Å². The lowest BCUT2D eigenvalue weighted by Crippen LogP contribution is -2.39. The molecular weight excluding hydrogens is 242 g/mol. The first-order valence-electron chi connectivity index (χ1n) is 6.51. The van der Waals surface area contributed by atoms with Gasteiger partial charge in [0.1, 0.15) is 5.69 Å². The summed E-state index contributed by atoms with van der Waals surface area (Å²) in [5.74, 6) is -0.980. The van der Waals surface area contributed by atoms with Crippen molar-refractivity contribution in [3.8, 4) is 0 Å². The normalized spacial score (nSPS) is 12.9. The first-order valence-corrected chi connectivity index (χ1v) is 6.51. The lowest BCUT2D eigenvalue weighted by molar-refractivity contribution is 0.0690. The van der Waals surface area contributed by atoms with E-state index in [4.69, 9.17) is 5.11 Å². The van der Waals surface area contributed by atoms with E-state index in [-0.39, 0.29) is 5.69 Å². The zero-order valence-corrected chi connectivity index (χ0v) is 12.1. The second kappa shape index (κ2) is 7.21. The van der Waals surface area contributed by atoms with E-state index in [0.717, 1.165) is 25.2 Å². The van der Waals surface area contributed by atoms with E-state index in [9.17, 15) is 4.79 Å². The van der Waals surface area contributed by atoms with Gasteiger partial charge >= 0.3 is 5.97 Å². The van der Waals surface area contributed by atoms with Crippen LogP contribution in [-0.4, -0.2) is 59.1 Å². The van der Waals surface area contributed by atoms with Gasteiger partial charge in [-0.1, -0.05) is 6.92 Å². The highest BCUT2D eigenvalue weighted by molar-refractivity contribution is 5.85. The molecule has 0 saturated carbocycles. The van der Waals surface area contributed by atoms with Gasteiger partial charge in [-0.25, -0.2) is 9.78 Å². The lowest BCUT2D eigenvalue weighted by Gasteiger charge is -2.30. The molecule has 1 rings (SSSR count). The number of likely N-dealkylation sites (N-methyl/N-ethyl adjacent to an activating group) is 2. The minimum atomic E-state index is -0.980. The fraction of sp³-hybridized carbons (Fsp3) is 0.571. The maximum Gasteiger partial charge on any atom is 0.354 e. The Labute approximate surface area is 114 Å². The number of aromatic carboxylic acids is 1. The Bertz CT molecular complexity index is 421. The van der Waals surface area contributed by atoms with E-state index >= 15 is 0 Å². The molecule has 5 heteroatoms. The second-order valence-corrected chi connectivity index (χ2v) is 5.03. The van der Waals surface area contributed by atoms with Crippen molar-refractivity contribution in [1.82, 2.24) is 14.8 Å². The third-order valence-electron chi connectivity index (χ3n) is 3.09. The molecule has 0 saturated heterocycles. The SMILES string of the molecule is CCN(Cc1ccnc(C(=O)O)c1)C(C)CN(C)C. The lowest BCUT2D eigenvalue weighted by atomic mass is 10.2. The number of carboxylic acids is 1. The highest BCUT2D eigenvalue weighted by atomic mass is 16.4. The van der Waals surface area contributed by atoms with Crippen molar-refractivity contribution in [2.24, 2.45) is 0 Å². The summed E-state index contributed by atoms with van der Waals surface area (Å²) in [6.45, 7) is 6.95. The number of aromatic nitrogens is 1. The zero-order chi connectivity index (χ0) is 14.4. The molecule has 0 fully saturated rings. The molecule has 5 nitrogen and oxygen atoms in total. The van der Waals surface area contributed by atoms with Crippen molar-refractivity contribution < 1.29 is 9.90 Å². The number of nitrogens with zero attached hydrogens (tertiary/aromatic N) is 3. The fourth-order valence-electron chi connectivity index (χ4n) is 2.15. The number of carboxylic acid groups (broad SMARTS) is 1. The van der Waals surface area contributed by atoms with E-state index in [1.54, 1.807) is 12.3 Å². The summed E-state index contributed by atoms with van der Waals surface area (Å²) < 4.78 is 0. The Hall–Kier alpha value is -1.46. The molecule has 19 heavy (non-hydrogen) atoms. The van der Waals surface area contributed by atoms with Crippen molar-refractivity contribution in [1.29, 1.82) is 0 Å². The molecule has 0 bridgehead atoms. The number of carbonyl (C=O) groups is 1. The van der Waals surface area contributed by atoms with Gasteiger partial charge in [-0.2, -0.15) is 0 Å². The maximum atomic E-state index is 10.9. The molecule has 0 radical (unpaired) electrons. The van der Waals surface area contributed by atoms with Gasteiger partial charge in [-0.3, -0.25) is 4.90 Å². The van der Waals surface area contributed by atoms with E-state index in [2.05, 4.69) is 42.7 Å².